The molecule has 0 saturated carbocycles. The van der Waals surface area contributed by atoms with Crippen molar-refractivity contribution >= 4 is 46.3 Å². The van der Waals surface area contributed by atoms with Gasteiger partial charge in [0.05, 0.1) is 42.0 Å². The number of pyridine rings is 2. The lowest BCUT2D eigenvalue weighted by molar-refractivity contribution is 0.186. The smallest absolute Gasteiger partial charge is 0.329 e. The zero-order chi connectivity index (χ0) is 31.2. The summed E-state index contributed by atoms with van der Waals surface area (Å²) in [6.07, 6.45) is 7.11. The van der Waals surface area contributed by atoms with E-state index >= 15 is 0 Å². The summed E-state index contributed by atoms with van der Waals surface area (Å²) >= 11 is 5.38. The number of imidazole rings is 1. The van der Waals surface area contributed by atoms with Crippen LogP contribution in [-0.2, 0) is 11.8 Å². The van der Waals surface area contributed by atoms with Gasteiger partial charge in [-0.1, -0.05) is 26.8 Å². The first-order valence-corrected chi connectivity index (χ1v) is 16.6. The van der Waals surface area contributed by atoms with Gasteiger partial charge in [0, 0.05) is 37.2 Å². The predicted molar refractivity (Wildman–Crippen MR) is 179 cm³/mol. The molecular weight excluding hydrogens is 574 g/mol. The summed E-state index contributed by atoms with van der Waals surface area (Å²) in [5, 5.41) is 0.794. The number of thiol groups is 1. The Bertz CT molecular complexity index is 1450. The van der Waals surface area contributed by atoms with Crippen LogP contribution < -0.4 is 10.4 Å². The Balaban J connectivity index is 0.000000699. The average molecular weight is 620 g/mol. The van der Waals surface area contributed by atoms with Gasteiger partial charge in [0.25, 0.3) is 0 Å². The average Bonchev–Trinajstić information content (AvgIpc) is 3.63. The predicted octanol–water partition coefficient (Wildman–Crippen LogP) is 6.32. The largest absolute Gasteiger partial charge is 0.478 e. The van der Waals surface area contributed by atoms with Crippen molar-refractivity contribution in [3.63, 3.8) is 0 Å². The molecule has 1 saturated heterocycles. The second kappa shape index (κ2) is 18.1. The summed E-state index contributed by atoms with van der Waals surface area (Å²) in [6, 6.07) is 8.89. The molecule has 5 rings (SSSR count). The summed E-state index contributed by atoms with van der Waals surface area (Å²) in [6.45, 7) is 8.63. The third-order valence-electron chi connectivity index (χ3n) is 6.61. The van der Waals surface area contributed by atoms with Crippen LogP contribution in [0.3, 0.4) is 0 Å². The van der Waals surface area contributed by atoms with Crippen molar-refractivity contribution in [1.29, 1.82) is 0 Å². The zero-order valence-corrected chi connectivity index (χ0v) is 27.9. The molecule has 1 fully saturated rings. The summed E-state index contributed by atoms with van der Waals surface area (Å²) in [4.78, 5) is 23.7. The molecule has 1 unspecified atom stereocenters. The fourth-order valence-electron chi connectivity index (χ4n) is 4.53. The number of rotatable bonds is 8. The molecule has 42 heavy (non-hydrogen) atoms. The van der Waals surface area contributed by atoms with E-state index in [2.05, 4.69) is 40.7 Å². The molecule has 0 radical (unpaired) electrons. The first kappa shape index (κ1) is 35.6. The SMILES string of the molecule is CC.CCSC.CN(C)CCCOc1ccc(-c2ccc3ncc4c(c3c2)n(C2CCOC2)c(=O)n4C)c(F)n1.CS. The summed E-state index contributed by atoms with van der Waals surface area (Å²) in [5.74, 6) is 0.905. The van der Waals surface area contributed by atoms with Crippen molar-refractivity contribution in [3.05, 3.63) is 53.0 Å². The minimum absolute atomic E-state index is 0.0345. The zero-order valence-electron chi connectivity index (χ0n) is 26.2. The van der Waals surface area contributed by atoms with Crippen LogP contribution >= 0.6 is 24.4 Å². The van der Waals surface area contributed by atoms with Crippen LogP contribution in [0.1, 0.15) is 39.7 Å². The maximum Gasteiger partial charge on any atom is 0.329 e. The highest BCUT2D eigenvalue weighted by atomic mass is 32.2. The lowest BCUT2D eigenvalue weighted by Crippen LogP contribution is -2.26. The second-order valence-electron chi connectivity index (χ2n) is 9.52. The van der Waals surface area contributed by atoms with Crippen molar-refractivity contribution < 1.29 is 13.9 Å². The Morgan fingerprint density at radius 1 is 1.21 bits per heavy atom. The van der Waals surface area contributed by atoms with Crippen LogP contribution in [0, 0.1) is 5.95 Å². The van der Waals surface area contributed by atoms with Crippen molar-refractivity contribution in [2.45, 2.75) is 39.7 Å². The van der Waals surface area contributed by atoms with Gasteiger partial charge in [0.1, 0.15) is 0 Å². The molecule has 0 spiro atoms. The first-order valence-electron chi connectivity index (χ1n) is 14.3. The number of thioether (sulfide) groups is 1. The highest BCUT2D eigenvalue weighted by Crippen LogP contribution is 2.32. The molecule has 4 aromatic rings. The van der Waals surface area contributed by atoms with Gasteiger partial charge in [0.2, 0.25) is 11.8 Å². The molecule has 3 aromatic heterocycles. The van der Waals surface area contributed by atoms with E-state index in [1.165, 1.54) is 5.75 Å². The van der Waals surface area contributed by atoms with E-state index in [1.807, 2.05) is 57.9 Å². The highest BCUT2D eigenvalue weighted by Gasteiger charge is 2.25. The summed E-state index contributed by atoms with van der Waals surface area (Å²) in [5.41, 5.74) is 3.20. The minimum atomic E-state index is -0.598. The number of nitrogens with zero attached hydrogens (tertiary/aromatic N) is 5. The molecular formula is C31H46FN5O3S2. The maximum atomic E-state index is 15.0. The van der Waals surface area contributed by atoms with Gasteiger partial charge in [0.15, 0.2) is 0 Å². The molecule has 1 aliphatic heterocycles. The normalized spacial score (nSPS) is 14.1. The third kappa shape index (κ3) is 8.72. The van der Waals surface area contributed by atoms with E-state index in [0.29, 0.717) is 30.9 Å². The first-order chi connectivity index (χ1) is 20.3. The minimum Gasteiger partial charge on any atom is -0.478 e. The number of fused-ring (bicyclic) bond motifs is 3. The second-order valence-corrected chi connectivity index (χ2v) is 10.7. The fraction of sp³-hybridized carbons (Fsp3) is 0.516. The molecule has 0 N–H and O–H groups in total. The molecule has 1 atom stereocenters. The Labute approximate surface area is 259 Å². The lowest BCUT2D eigenvalue weighted by Gasteiger charge is -2.12. The number of aryl methyl sites for hydroxylation is 1. The standard InChI is InChI=1S/C25H28FN5O3.C3H8S.C2H6.CH4S/c1-29(2)10-4-11-34-22-8-6-18(24(26)28-22)16-5-7-20-19(13-16)23-21(14-27-20)30(3)25(32)31(23)17-9-12-33-15-17;1-3-4-2;2*1-2/h5-8,13-14,17H,4,9-12,15H2,1-3H3;3H2,1-2H3;1-2H3;2H,1H3. The van der Waals surface area contributed by atoms with Crippen LogP contribution in [0.2, 0.25) is 0 Å². The number of hydrogen-bond acceptors (Lipinski definition) is 8. The molecule has 1 aromatic carbocycles. The van der Waals surface area contributed by atoms with Crippen LogP contribution in [0.15, 0.2) is 41.3 Å². The van der Waals surface area contributed by atoms with E-state index in [4.69, 9.17) is 9.47 Å². The Kier molecular flexibility index (Phi) is 15.4. The number of benzene rings is 1. The van der Waals surface area contributed by atoms with E-state index in [-0.39, 0.29) is 17.6 Å². The fourth-order valence-corrected chi connectivity index (χ4v) is 4.53. The van der Waals surface area contributed by atoms with Crippen molar-refractivity contribution in [2.75, 3.05) is 58.7 Å². The Morgan fingerprint density at radius 2 is 1.93 bits per heavy atom. The van der Waals surface area contributed by atoms with Crippen LogP contribution in [0.4, 0.5) is 4.39 Å². The van der Waals surface area contributed by atoms with Gasteiger partial charge in [-0.3, -0.25) is 14.1 Å². The van der Waals surface area contributed by atoms with Gasteiger partial charge < -0.3 is 14.4 Å². The van der Waals surface area contributed by atoms with Crippen LogP contribution in [0.5, 0.6) is 5.88 Å². The number of hydrogen-bond donors (Lipinski definition) is 1. The lowest BCUT2D eigenvalue weighted by atomic mass is 10.0. The van der Waals surface area contributed by atoms with Crippen LogP contribution in [0.25, 0.3) is 33.1 Å². The molecule has 0 bridgehead atoms. The number of aromatic nitrogens is 4. The molecule has 4 heterocycles. The van der Waals surface area contributed by atoms with Gasteiger partial charge >= 0.3 is 5.69 Å². The summed E-state index contributed by atoms with van der Waals surface area (Å²) in [7, 11) is 5.74. The van der Waals surface area contributed by atoms with Gasteiger partial charge in [-0.25, -0.2) is 4.79 Å². The van der Waals surface area contributed by atoms with E-state index in [1.54, 1.807) is 40.8 Å². The van der Waals surface area contributed by atoms with Gasteiger partial charge in [-0.2, -0.15) is 33.8 Å². The van der Waals surface area contributed by atoms with Gasteiger partial charge in [-0.15, -0.1) is 0 Å². The summed E-state index contributed by atoms with van der Waals surface area (Å²) < 4.78 is 29.5. The number of halogens is 1. The van der Waals surface area contributed by atoms with Crippen molar-refractivity contribution in [2.24, 2.45) is 7.05 Å². The monoisotopic (exact) mass is 619 g/mol. The molecule has 1 aliphatic rings. The molecule has 232 valence electrons. The molecule has 11 heteroatoms. The van der Waals surface area contributed by atoms with Crippen molar-refractivity contribution in [3.8, 4) is 17.0 Å². The molecule has 0 amide bonds. The molecule has 8 nitrogen and oxygen atoms in total. The Morgan fingerprint density at radius 3 is 2.52 bits per heavy atom. The van der Waals surface area contributed by atoms with E-state index in [0.717, 1.165) is 41.3 Å². The quantitative estimate of drug-likeness (QED) is 0.141. The Hall–Kier alpha value is -2.60. The highest BCUT2D eigenvalue weighted by molar-refractivity contribution is 7.98. The maximum absolute atomic E-state index is 15.0. The van der Waals surface area contributed by atoms with Crippen LogP contribution in [-0.4, -0.2) is 82.7 Å². The topological polar surface area (TPSA) is 74.4 Å². The third-order valence-corrected chi connectivity index (χ3v) is 7.19. The van der Waals surface area contributed by atoms with E-state index in [9.17, 15) is 9.18 Å². The van der Waals surface area contributed by atoms with E-state index < -0.39 is 5.95 Å². The molecule has 0 aliphatic carbocycles. The van der Waals surface area contributed by atoms with Gasteiger partial charge in [-0.05, 0) is 69.0 Å². The van der Waals surface area contributed by atoms with Crippen molar-refractivity contribution in [1.82, 2.24) is 24.0 Å². The number of ether oxygens (including phenoxy) is 2.